The van der Waals surface area contributed by atoms with E-state index in [4.69, 9.17) is 9.26 Å². The Morgan fingerprint density at radius 1 is 0.966 bits per heavy atom. The van der Waals surface area contributed by atoms with Gasteiger partial charge in [-0.3, -0.25) is 4.79 Å². The number of para-hydroxylation sites is 2. The average molecular weight is 450 g/mol. The summed E-state index contributed by atoms with van der Waals surface area (Å²) in [5, 5.41) is 6.87. The Morgan fingerprint density at radius 2 is 1.69 bits per heavy atom. The van der Waals surface area contributed by atoms with E-state index in [0.717, 1.165) is 5.75 Å². The zero-order chi connectivity index (χ0) is 20.1. The molecule has 0 bridgehead atoms. The molecule has 0 radical (unpaired) electrons. The van der Waals surface area contributed by atoms with Crippen LogP contribution in [0.5, 0.6) is 5.75 Å². The van der Waals surface area contributed by atoms with Crippen LogP contribution in [0.3, 0.4) is 0 Å². The fourth-order valence-electron chi connectivity index (χ4n) is 2.70. The minimum Gasteiger partial charge on any atom is -0.485 e. The maximum Gasteiger partial charge on any atom is 0.260 e. The molecule has 7 heteroatoms. The van der Waals surface area contributed by atoms with Gasteiger partial charge >= 0.3 is 0 Å². The number of ether oxygens (including phenoxy) is 1. The summed E-state index contributed by atoms with van der Waals surface area (Å²) in [5.74, 6) is 1.20. The van der Waals surface area contributed by atoms with Crippen LogP contribution >= 0.6 is 15.9 Å². The number of amides is 1. The number of nitrogens with zero attached hydrogens (tertiary/aromatic N) is 2. The van der Waals surface area contributed by atoms with Crippen LogP contribution in [0.25, 0.3) is 11.5 Å². The van der Waals surface area contributed by atoms with Crippen molar-refractivity contribution < 1.29 is 14.1 Å². The summed E-state index contributed by atoms with van der Waals surface area (Å²) >= 11 is 3.40. The van der Waals surface area contributed by atoms with Crippen LogP contribution in [0.15, 0.2) is 87.9 Å². The van der Waals surface area contributed by atoms with Crippen molar-refractivity contribution in [3.05, 3.63) is 94.7 Å². The predicted molar refractivity (Wildman–Crippen MR) is 113 cm³/mol. The summed E-state index contributed by atoms with van der Waals surface area (Å²) in [6.07, 6.45) is 0. The molecule has 0 aliphatic carbocycles. The lowest BCUT2D eigenvalue weighted by molar-refractivity contribution is 0.102. The van der Waals surface area contributed by atoms with Gasteiger partial charge in [-0.25, -0.2) is 0 Å². The second kappa shape index (κ2) is 8.70. The molecule has 0 spiro atoms. The smallest absolute Gasteiger partial charge is 0.260 e. The van der Waals surface area contributed by atoms with E-state index < -0.39 is 0 Å². The third-order valence-corrected chi connectivity index (χ3v) is 4.79. The van der Waals surface area contributed by atoms with Gasteiger partial charge in [0.1, 0.15) is 5.75 Å². The Bertz CT molecular complexity index is 1130. The maximum atomic E-state index is 12.7. The lowest BCUT2D eigenvalue weighted by Gasteiger charge is -2.09. The van der Waals surface area contributed by atoms with E-state index in [9.17, 15) is 4.79 Å². The van der Waals surface area contributed by atoms with Gasteiger partial charge in [-0.2, -0.15) is 4.98 Å². The number of benzene rings is 3. The molecule has 0 unspecified atom stereocenters. The number of nitrogens with one attached hydrogen (secondary N) is 1. The standard InChI is InChI=1S/C22H16BrN3O3/c23-18-12-6-4-10-16(18)21(27)24-19-13-7-5-11-17(19)22-25-20(26-29-22)14-28-15-8-2-1-3-9-15/h1-13H,14H2,(H,24,27). The first-order valence-electron chi connectivity index (χ1n) is 8.86. The van der Waals surface area contributed by atoms with E-state index in [1.54, 1.807) is 12.1 Å². The van der Waals surface area contributed by atoms with Gasteiger partial charge in [0.2, 0.25) is 5.82 Å². The number of aromatic nitrogens is 2. The van der Waals surface area contributed by atoms with E-state index in [1.165, 1.54) is 0 Å². The Hall–Kier alpha value is -3.45. The Kier molecular flexibility index (Phi) is 5.67. The first kappa shape index (κ1) is 18.9. The highest BCUT2D eigenvalue weighted by Crippen LogP contribution is 2.28. The SMILES string of the molecule is O=C(Nc1ccccc1-c1nc(COc2ccccc2)no1)c1ccccc1Br. The average Bonchev–Trinajstić information content (AvgIpc) is 3.22. The third-order valence-electron chi connectivity index (χ3n) is 4.10. The van der Waals surface area contributed by atoms with Gasteiger partial charge in [-0.1, -0.05) is 47.6 Å². The highest BCUT2D eigenvalue weighted by Gasteiger charge is 2.16. The van der Waals surface area contributed by atoms with E-state index in [2.05, 4.69) is 31.4 Å². The van der Waals surface area contributed by atoms with Gasteiger partial charge in [0.25, 0.3) is 11.8 Å². The predicted octanol–water partition coefficient (Wildman–Crippen LogP) is 5.33. The highest BCUT2D eigenvalue weighted by molar-refractivity contribution is 9.10. The number of hydrogen-bond acceptors (Lipinski definition) is 5. The summed E-state index contributed by atoms with van der Waals surface area (Å²) in [6, 6.07) is 23.9. The Morgan fingerprint density at radius 3 is 2.52 bits per heavy atom. The lowest BCUT2D eigenvalue weighted by atomic mass is 10.1. The van der Waals surface area contributed by atoms with Crippen LogP contribution in [0, 0.1) is 0 Å². The molecular weight excluding hydrogens is 434 g/mol. The monoisotopic (exact) mass is 449 g/mol. The molecule has 144 valence electrons. The Balaban J connectivity index is 1.52. The van der Waals surface area contributed by atoms with E-state index >= 15 is 0 Å². The van der Waals surface area contributed by atoms with Crippen molar-refractivity contribution in [1.82, 2.24) is 10.1 Å². The van der Waals surface area contributed by atoms with Crippen molar-refractivity contribution in [2.24, 2.45) is 0 Å². The summed E-state index contributed by atoms with van der Waals surface area (Å²) in [4.78, 5) is 17.0. The van der Waals surface area contributed by atoms with Crippen molar-refractivity contribution >= 4 is 27.5 Å². The molecule has 29 heavy (non-hydrogen) atoms. The molecule has 0 fully saturated rings. The van der Waals surface area contributed by atoms with E-state index in [0.29, 0.717) is 33.0 Å². The molecule has 0 aliphatic heterocycles. The second-order valence-electron chi connectivity index (χ2n) is 6.10. The molecule has 0 aliphatic rings. The molecular formula is C22H16BrN3O3. The molecule has 1 amide bonds. The molecule has 4 aromatic rings. The van der Waals surface area contributed by atoms with Gasteiger partial charge in [0.05, 0.1) is 16.8 Å². The number of carbonyl (C=O) groups is 1. The summed E-state index contributed by atoms with van der Waals surface area (Å²) < 4.78 is 11.8. The molecule has 1 N–H and O–H groups in total. The van der Waals surface area contributed by atoms with Gasteiger partial charge in [0, 0.05) is 4.47 Å². The van der Waals surface area contributed by atoms with Crippen molar-refractivity contribution in [3.63, 3.8) is 0 Å². The number of rotatable bonds is 6. The van der Waals surface area contributed by atoms with Gasteiger partial charge in [0.15, 0.2) is 6.61 Å². The summed E-state index contributed by atoms with van der Waals surface area (Å²) in [6.45, 7) is 0.180. The molecule has 3 aromatic carbocycles. The molecule has 4 rings (SSSR count). The first-order chi connectivity index (χ1) is 14.2. The fourth-order valence-corrected chi connectivity index (χ4v) is 3.17. The van der Waals surface area contributed by atoms with Crippen LogP contribution in [0.1, 0.15) is 16.2 Å². The Labute approximate surface area is 175 Å². The quantitative estimate of drug-likeness (QED) is 0.430. The first-order valence-corrected chi connectivity index (χ1v) is 9.66. The van der Waals surface area contributed by atoms with Crippen LogP contribution < -0.4 is 10.1 Å². The zero-order valence-electron chi connectivity index (χ0n) is 15.2. The number of halogens is 1. The third kappa shape index (κ3) is 4.52. The molecule has 0 atom stereocenters. The fraction of sp³-hybridized carbons (Fsp3) is 0.0455. The highest BCUT2D eigenvalue weighted by atomic mass is 79.9. The number of hydrogen-bond donors (Lipinski definition) is 1. The largest absolute Gasteiger partial charge is 0.485 e. The topological polar surface area (TPSA) is 77.2 Å². The van der Waals surface area contributed by atoms with Gasteiger partial charge in [-0.15, -0.1) is 0 Å². The second-order valence-corrected chi connectivity index (χ2v) is 6.95. The van der Waals surface area contributed by atoms with Crippen molar-refractivity contribution in [2.45, 2.75) is 6.61 Å². The van der Waals surface area contributed by atoms with Crippen molar-refractivity contribution in [2.75, 3.05) is 5.32 Å². The minimum absolute atomic E-state index is 0.180. The van der Waals surface area contributed by atoms with Crippen molar-refractivity contribution in [3.8, 4) is 17.2 Å². The number of carbonyl (C=O) groups excluding carboxylic acids is 1. The maximum absolute atomic E-state index is 12.7. The van der Waals surface area contributed by atoms with Crippen LogP contribution in [0.2, 0.25) is 0 Å². The van der Waals surface area contributed by atoms with Crippen LogP contribution in [-0.2, 0) is 6.61 Å². The molecule has 0 saturated carbocycles. The lowest BCUT2D eigenvalue weighted by Crippen LogP contribution is -2.13. The van der Waals surface area contributed by atoms with Crippen LogP contribution in [-0.4, -0.2) is 16.0 Å². The summed E-state index contributed by atoms with van der Waals surface area (Å²) in [7, 11) is 0. The van der Waals surface area contributed by atoms with E-state index in [-0.39, 0.29) is 12.5 Å². The molecule has 6 nitrogen and oxygen atoms in total. The van der Waals surface area contributed by atoms with Gasteiger partial charge < -0.3 is 14.6 Å². The van der Waals surface area contributed by atoms with Crippen molar-refractivity contribution in [1.29, 1.82) is 0 Å². The van der Waals surface area contributed by atoms with E-state index in [1.807, 2.05) is 66.7 Å². The summed E-state index contributed by atoms with van der Waals surface area (Å²) in [5.41, 5.74) is 1.74. The van der Waals surface area contributed by atoms with Crippen LogP contribution in [0.4, 0.5) is 5.69 Å². The molecule has 1 heterocycles. The molecule has 1 aromatic heterocycles. The minimum atomic E-state index is -0.239. The normalized spacial score (nSPS) is 10.5. The molecule has 0 saturated heterocycles. The zero-order valence-corrected chi connectivity index (χ0v) is 16.8. The number of anilines is 1. The van der Waals surface area contributed by atoms with Gasteiger partial charge in [-0.05, 0) is 52.3 Å².